The van der Waals surface area contributed by atoms with Crippen LogP contribution in [-0.2, 0) is 34.5 Å². The van der Waals surface area contributed by atoms with E-state index >= 15 is 0 Å². The Kier molecular flexibility index (Phi) is 9.00. The highest BCUT2D eigenvalue weighted by molar-refractivity contribution is 5.54. The fraction of sp³-hybridized carbons (Fsp3) is 0.351. The summed E-state index contributed by atoms with van der Waals surface area (Å²) in [5.74, 6) is 0.547. The smallest absolute Gasteiger partial charge is 0.132 e. The largest absolute Gasteiger partial charge is 0.485 e. The molecule has 0 fully saturated rings. The van der Waals surface area contributed by atoms with Gasteiger partial charge in [-0.25, -0.2) is 4.39 Å². The molecule has 0 saturated heterocycles. The van der Waals surface area contributed by atoms with Gasteiger partial charge in [-0.1, -0.05) is 87.5 Å². The van der Waals surface area contributed by atoms with Gasteiger partial charge in [0.25, 0.3) is 0 Å². The molecule has 4 aromatic carbocycles. The molecule has 2 atom stereocenters. The van der Waals surface area contributed by atoms with E-state index in [2.05, 4.69) is 94.5 Å². The minimum Gasteiger partial charge on any atom is -0.485 e. The van der Waals surface area contributed by atoms with Gasteiger partial charge < -0.3 is 19.5 Å². The van der Waals surface area contributed by atoms with Crippen LogP contribution in [0, 0.1) is 5.82 Å². The monoisotopic (exact) mass is 567 g/mol. The maximum absolute atomic E-state index is 13.7. The lowest BCUT2D eigenvalue weighted by molar-refractivity contribution is -0.167. The van der Waals surface area contributed by atoms with Gasteiger partial charge in [0.2, 0.25) is 0 Å². The zero-order valence-electron chi connectivity index (χ0n) is 25.3. The highest BCUT2D eigenvalue weighted by Gasteiger charge is 2.45. The van der Waals surface area contributed by atoms with Crippen molar-refractivity contribution in [3.63, 3.8) is 0 Å². The standard InChI is InChI=1S/C37H42FNO3/c1-36(2,3)29-16-14-27(15-17-29)25-41-35-34(40-21-20-26-10-7-6-8-11-26)32-23-31(18-19-33(32)42-37(35,4)5)39-24-28-12-9-13-30(38)22-28/h6-19,22-23,34-35,39H,20-21,24-25H2,1-5H3. The second kappa shape index (κ2) is 12.7. The van der Waals surface area contributed by atoms with Crippen molar-refractivity contribution in [3.8, 4) is 5.75 Å². The first-order valence-electron chi connectivity index (χ1n) is 14.8. The molecule has 0 spiro atoms. The molecule has 4 aromatic rings. The van der Waals surface area contributed by atoms with Crippen molar-refractivity contribution >= 4 is 5.69 Å². The highest BCUT2D eigenvalue weighted by Crippen LogP contribution is 2.44. The van der Waals surface area contributed by atoms with Crippen LogP contribution in [0.1, 0.15) is 68.5 Å². The van der Waals surface area contributed by atoms with Crippen LogP contribution in [-0.4, -0.2) is 18.3 Å². The molecular formula is C37H42FNO3. The van der Waals surface area contributed by atoms with Gasteiger partial charge in [-0.05, 0) is 78.3 Å². The van der Waals surface area contributed by atoms with Crippen molar-refractivity contribution in [1.82, 2.24) is 0 Å². The van der Waals surface area contributed by atoms with Gasteiger partial charge >= 0.3 is 0 Å². The minimum atomic E-state index is -0.619. The summed E-state index contributed by atoms with van der Waals surface area (Å²) in [5.41, 5.74) is 5.84. The van der Waals surface area contributed by atoms with E-state index in [1.54, 1.807) is 12.1 Å². The zero-order valence-corrected chi connectivity index (χ0v) is 25.3. The minimum absolute atomic E-state index is 0.0976. The molecule has 0 aliphatic carbocycles. The van der Waals surface area contributed by atoms with E-state index in [1.165, 1.54) is 17.2 Å². The number of benzene rings is 4. The number of halogens is 1. The molecule has 42 heavy (non-hydrogen) atoms. The second-order valence-electron chi connectivity index (χ2n) is 12.6. The first kappa shape index (κ1) is 29.8. The second-order valence-corrected chi connectivity index (χ2v) is 12.6. The quantitative estimate of drug-likeness (QED) is 0.208. The Labute approximate surface area is 249 Å². The Hall–Kier alpha value is -3.67. The van der Waals surface area contributed by atoms with Gasteiger partial charge in [0, 0.05) is 17.8 Å². The maximum Gasteiger partial charge on any atom is 0.132 e. The van der Waals surface area contributed by atoms with Gasteiger partial charge in [0.05, 0.1) is 13.2 Å². The molecule has 0 aromatic heterocycles. The van der Waals surface area contributed by atoms with Crippen LogP contribution in [0.4, 0.5) is 10.1 Å². The molecule has 0 radical (unpaired) electrons. The summed E-state index contributed by atoms with van der Waals surface area (Å²) in [6, 6.07) is 31.7. The molecule has 5 rings (SSSR count). The van der Waals surface area contributed by atoms with Crippen molar-refractivity contribution in [2.75, 3.05) is 11.9 Å². The summed E-state index contributed by atoms with van der Waals surface area (Å²) in [6.45, 7) is 12.3. The fourth-order valence-corrected chi connectivity index (χ4v) is 5.39. The molecule has 5 heteroatoms. The van der Waals surface area contributed by atoms with E-state index in [-0.39, 0.29) is 23.4 Å². The maximum atomic E-state index is 13.7. The van der Waals surface area contributed by atoms with Crippen LogP contribution in [0.3, 0.4) is 0 Å². The summed E-state index contributed by atoms with van der Waals surface area (Å²) < 4.78 is 33.6. The lowest BCUT2D eigenvalue weighted by Crippen LogP contribution is -2.51. The molecule has 1 heterocycles. The Morgan fingerprint density at radius 3 is 2.26 bits per heavy atom. The number of anilines is 1. The van der Waals surface area contributed by atoms with Crippen LogP contribution < -0.4 is 10.1 Å². The Bertz CT molecular complexity index is 1460. The summed E-state index contributed by atoms with van der Waals surface area (Å²) >= 11 is 0. The topological polar surface area (TPSA) is 39.7 Å². The average Bonchev–Trinajstić information content (AvgIpc) is 2.96. The summed E-state index contributed by atoms with van der Waals surface area (Å²) in [7, 11) is 0. The van der Waals surface area contributed by atoms with Crippen molar-refractivity contribution in [2.45, 2.75) is 77.4 Å². The van der Waals surface area contributed by atoms with Crippen LogP contribution >= 0.6 is 0 Å². The molecule has 0 bridgehead atoms. The third-order valence-corrected chi connectivity index (χ3v) is 7.82. The third kappa shape index (κ3) is 7.39. The molecular weight excluding hydrogens is 525 g/mol. The van der Waals surface area contributed by atoms with Crippen molar-refractivity contribution in [2.24, 2.45) is 0 Å². The van der Waals surface area contributed by atoms with E-state index in [0.29, 0.717) is 19.8 Å². The van der Waals surface area contributed by atoms with Crippen LogP contribution in [0.25, 0.3) is 0 Å². The van der Waals surface area contributed by atoms with Gasteiger partial charge in [-0.2, -0.15) is 0 Å². The van der Waals surface area contributed by atoms with E-state index in [1.807, 2.05) is 24.3 Å². The zero-order chi connectivity index (χ0) is 29.7. The molecule has 1 aliphatic heterocycles. The molecule has 0 amide bonds. The Morgan fingerprint density at radius 1 is 0.810 bits per heavy atom. The molecule has 4 nitrogen and oxygen atoms in total. The predicted octanol–water partition coefficient (Wildman–Crippen LogP) is 8.79. The SMILES string of the molecule is CC(C)(C)c1ccc(COC2C(OCCc3ccccc3)c3cc(NCc4cccc(F)c4)ccc3OC2(C)C)cc1. The van der Waals surface area contributed by atoms with Crippen LogP contribution in [0.15, 0.2) is 97.1 Å². The molecule has 2 unspecified atom stereocenters. The van der Waals surface area contributed by atoms with Gasteiger partial charge in [0.15, 0.2) is 0 Å². The number of hydrogen-bond donors (Lipinski definition) is 1. The Morgan fingerprint density at radius 2 is 1.55 bits per heavy atom. The normalized spacial score (nSPS) is 17.8. The van der Waals surface area contributed by atoms with Crippen LogP contribution in [0.2, 0.25) is 0 Å². The average molecular weight is 568 g/mol. The molecule has 1 aliphatic rings. The third-order valence-electron chi connectivity index (χ3n) is 7.82. The van der Waals surface area contributed by atoms with Gasteiger partial charge in [-0.3, -0.25) is 0 Å². The molecule has 0 saturated carbocycles. The van der Waals surface area contributed by atoms with Crippen molar-refractivity contribution in [3.05, 3.63) is 131 Å². The highest BCUT2D eigenvalue weighted by atomic mass is 19.1. The van der Waals surface area contributed by atoms with E-state index in [0.717, 1.165) is 34.5 Å². The number of nitrogens with one attached hydrogen (secondary N) is 1. The fourth-order valence-electron chi connectivity index (χ4n) is 5.39. The van der Waals surface area contributed by atoms with Crippen molar-refractivity contribution < 1.29 is 18.6 Å². The van der Waals surface area contributed by atoms with Crippen LogP contribution in [0.5, 0.6) is 5.75 Å². The number of rotatable bonds is 10. The number of ether oxygens (including phenoxy) is 3. The summed E-state index contributed by atoms with van der Waals surface area (Å²) in [4.78, 5) is 0. The number of fused-ring (bicyclic) bond motifs is 1. The van der Waals surface area contributed by atoms with E-state index < -0.39 is 5.60 Å². The van der Waals surface area contributed by atoms with E-state index in [9.17, 15) is 4.39 Å². The first-order valence-corrected chi connectivity index (χ1v) is 14.8. The lowest BCUT2D eigenvalue weighted by Gasteiger charge is -2.44. The van der Waals surface area contributed by atoms with Gasteiger partial charge in [0.1, 0.15) is 29.4 Å². The lowest BCUT2D eigenvalue weighted by atomic mass is 9.86. The molecule has 220 valence electrons. The predicted molar refractivity (Wildman–Crippen MR) is 167 cm³/mol. The Balaban J connectivity index is 1.38. The summed E-state index contributed by atoms with van der Waals surface area (Å²) in [5, 5.41) is 3.43. The first-order chi connectivity index (χ1) is 20.1. The summed E-state index contributed by atoms with van der Waals surface area (Å²) in [6.07, 6.45) is 0.116. The molecule has 1 N–H and O–H groups in total. The number of hydrogen-bond acceptors (Lipinski definition) is 4. The van der Waals surface area contributed by atoms with E-state index in [4.69, 9.17) is 14.2 Å². The van der Waals surface area contributed by atoms with Gasteiger partial charge in [-0.15, -0.1) is 0 Å². The van der Waals surface area contributed by atoms with Crippen molar-refractivity contribution in [1.29, 1.82) is 0 Å².